The second-order valence-corrected chi connectivity index (χ2v) is 3.15. The quantitative estimate of drug-likeness (QED) is 0.707. The number of amides is 2. The topological polar surface area (TPSA) is 81.4 Å². The van der Waals surface area contributed by atoms with Gasteiger partial charge in [0.2, 0.25) is 5.91 Å². The molecule has 15 heavy (non-hydrogen) atoms. The van der Waals surface area contributed by atoms with E-state index in [4.69, 9.17) is 10.5 Å². The van der Waals surface area contributed by atoms with E-state index in [2.05, 4.69) is 5.32 Å². The van der Waals surface area contributed by atoms with E-state index in [1.165, 1.54) is 0 Å². The summed E-state index contributed by atoms with van der Waals surface area (Å²) in [6.07, 6.45) is 7.33. The number of alkyl carbamates (subject to hydrolysis) is 1. The Labute approximate surface area is 88.0 Å². The van der Waals surface area contributed by atoms with Crippen molar-refractivity contribution in [1.29, 1.82) is 0 Å². The average Bonchev–Trinajstić information content (AvgIpc) is 2.25. The highest BCUT2D eigenvalue weighted by molar-refractivity contribution is 5.80. The van der Waals surface area contributed by atoms with Crippen molar-refractivity contribution in [2.75, 3.05) is 13.2 Å². The first kappa shape index (κ1) is 11.3. The van der Waals surface area contributed by atoms with E-state index < -0.39 is 12.0 Å². The Hall–Kier alpha value is -1.78. The first-order valence-corrected chi connectivity index (χ1v) is 4.73. The number of carbonyl (C=O) groups excluding carboxylic acids is 2. The summed E-state index contributed by atoms with van der Waals surface area (Å²) in [6.45, 7) is 0.0226. The summed E-state index contributed by atoms with van der Waals surface area (Å²) in [5, 5.41) is 2.23. The second-order valence-electron chi connectivity index (χ2n) is 3.15. The Bertz CT molecular complexity index is 308. The Kier molecular flexibility index (Phi) is 4.40. The highest BCUT2D eigenvalue weighted by Gasteiger charge is 2.04. The number of primary amides is 1. The van der Waals surface area contributed by atoms with Crippen LogP contribution in [0.4, 0.5) is 4.79 Å². The summed E-state index contributed by atoms with van der Waals surface area (Å²) in [6, 6.07) is 0. The predicted molar refractivity (Wildman–Crippen MR) is 55.0 cm³/mol. The molecule has 0 aromatic rings. The van der Waals surface area contributed by atoms with Crippen molar-refractivity contribution in [3.05, 3.63) is 23.8 Å². The van der Waals surface area contributed by atoms with Crippen LogP contribution in [0, 0.1) is 0 Å². The highest BCUT2D eigenvalue weighted by atomic mass is 16.5. The van der Waals surface area contributed by atoms with Crippen molar-refractivity contribution in [1.82, 2.24) is 5.32 Å². The van der Waals surface area contributed by atoms with E-state index >= 15 is 0 Å². The smallest absolute Gasteiger partial charge is 0.407 e. The van der Waals surface area contributed by atoms with Gasteiger partial charge in [0.15, 0.2) is 0 Å². The third-order valence-corrected chi connectivity index (χ3v) is 1.85. The van der Waals surface area contributed by atoms with Crippen LogP contribution in [-0.2, 0) is 9.53 Å². The summed E-state index contributed by atoms with van der Waals surface area (Å²) in [5.41, 5.74) is 5.82. The lowest BCUT2D eigenvalue weighted by Gasteiger charge is -2.08. The number of allylic oxidation sites excluding steroid dienone is 2. The number of hydrogen-bond acceptors (Lipinski definition) is 3. The minimum atomic E-state index is -0.631. The van der Waals surface area contributed by atoms with Gasteiger partial charge in [-0.15, -0.1) is 0 Å². The molecule has 0 fully saturated rings. The van der Waals surface area contributed by atoms with Crippen LogP contribution in [0.25, 0.3) is 0 Å². The van der Waals surface area contributed by atoms with Crippen LogP contribution < -0.4 is 11.1 Å². The van der Waals surface area contributed by atoms with E-state index in [9.17, 15) is 9.59 Å². The van der Waals surface area contributed by atoms with E-state index in [1.54, 1.807) is 0 Å². The molecule has 0 saturated carbocycles. The SMILES string of the molecule is NC(=O)CNC(=O)OCC1=CCCC=C1. The van der Waals surface area contributed by atoms with E-state index in [0.29, 0.717) is 0 Å². The van der Waals surface area contributed by atoms with Crippen molar-refractivity contribution in [2.45, 2.75) is 12.8 Å². The molecule has 1 rings (SSSR count). The third-order valence-electron chi connectivity index (χ3n) is 1.85. The molecular formula is C10H14N2O3. The van der Waals surface area contributed by atoms with Crippen molar-refractivity contribution in [3.63, 3.8) is 0 Å². The van der Waals surface area contributed by atoms with Gasteiger partial charge >= 0.3 is 6.09 Å². The average molecular weight is 210 g/mol. The Balaban J connectivity index is 2.19. The number of nitrogens with two attached hydrogens (primary N) is 1. The molecule has 0 heterocycles. The molecule has 0 aromatic carbocycles. The monoisotopic (exact) mass is 210 g/mol. The highest BCUT2D eigenvalue weighted by Crippen LogP contribution is 2.09. The predicted octanol–water partition coefficient (Wildman–Crippen LogP) is 0.474. The molecular weight excluding hydrogens is 196 g/mol. The Morgan fingerprint density at radius 3 is 2.87 bits per heavy atom. The van der Waals surface area contributed by atoms with E-state index in [0.717, 1.165) is 18.4 Å². The fourth-order valence-corrected chi connectivity index (χ4v) is 1.13. The second kappa shape index (κ2) is 5.85. The zero-order valence-electron chi connectivity index (χ0n) is 8.36. The van der Waals surface area contributed by atoms with Gasteiger partial charge in [0.1, 0.15) is 6.61 Å². The van der Waals surface area contributed by atoms with Crippen LogP contribution in [0.1, 0.15) is 12.8 Å². The number of ether oxygens (including phenoxy) is 1. The molecule has 5 heteroatoms. The maximum atomic E-state index is 11.0. The fraction of sp³-hybridized carbons (Fsp3) is 0.400. The van der Waals surface area contributed by atoms with Crippen LogP contribution in [0.5, 0.6) is 0 Å². The van der Waals surface area contributed by atoms with Crippen LogP contribution >= 0.6 is 0 Å². The lowest BCUT2D eigenvalue weighted by atomic mass is 10.1. The van der Waals surface area contributed by atoms with Crippen molar-refractivity contribution < 1.29 is 14.3 Å². The minimum absolute atomic E-state index is 0.201. The third kappa shape index (κ3) is 4.85. The van der Waals surface area contributed by atoms with Gasteiger partial charge in [0.25, 0.3) is 0 Å². The fourth-order valence-electron chi connectivity index (χ4n) is 1.13. The normalized spacial score (nSPS) is 14.3. The number of nitrogens with one attached hydrogen (secondary N) is 1. The molecule has 0 spiro atoms. The molecule has 0 unspecified atom stereocenters. The summed E-state index contributed by atoms with van der Waals surface area (Å²) < 4.78 is 4.85. The van der Waals surface area contributed by atoms with Gasteiger partial charge < -0.3 is 15.8 Å². The van der Waals surface area contributed by atoms with Gasteiger partial charge in [-0.3, -0.25) is 4.79 Å². The molecule has 2 amide bonds. The number of rotatable bonds is 4. The summed E-state index contributed by atoms with van der Waals surface area (Å²) in [4.78, 5) is 21.3. The van der Waals surface area contributed by atoms with Gasteiger partial charge in [-0.25, -0.2) is 4.79 Å². The molecule has 0 atom stereocenters. The summed E-state index contributed by atoms with van der Waals surface area (Å²) >= 11 is 0. The van der Waals surface area contributed by atoms with Crippen molar-refractivity contribution in [3.8, 4) is 0 Å². The van der Waals surface area contributed by atoms with Gasteiger partial charge in [0.05, 0.1) is 6.54 Å². The first-order chi connectivity index (χ1) is 7.18. The molecule has 0 radical (unpaired) electrons. The van der Waals surface area contributed by atoms with Gasteiger partial charge in [-0.05, 0) is 18.4 Å². The maximum Gasteiger partial charge on any atom is 0.407 e. The Morgan fingerprint density at radius 1 is 1.47 bits per heavy atom. The van der Waals surface area contributed by atoms with Crippen LogP contribution in [0.15, 0.2) is 23.8 Å². The lowest BCUT2D eigenvalue weighted by molar-refractivity contribution is -0.117. The molecule has 1 aliphatic carbocycles. The number of hydrogen-bond donors (Lipinski definition) is 2. The molecule has 0 aliphatic heterocycles. The van der Waals surface area contributed by atoms with E-state index in [-0.39, 0.29) is 13.2 Å². The number of carbonyl (C=O) groups is 2. The molecule has 0 aromatic heterocycles. The molecule has 0 saturated heterocycles. The van der Waals surface area contributed by atoms with Crippen molar-refractivity contribution >= 4 is 12.0 Å². The lowest BCUT2D eigenvalue weighted by Crippen LogP contribution is -2.33. The molecule has 5 nitrogen and oxygen atoms in total. The zero-order chi connectivity index (χ0) is 11.1. The van der Waals surface area contributed by atoms with Crippen LogP contribution in [0.2, 0.25) is 0 Å². The molecule has 3 N–H and O–H groups in total. The minimum Gasteiger partial charge on any atom is -0.445 e. The summed E-state index contributed by atoms with van der Waals surface area (Å²) in [5.74, 6) is -0.594. The van der Waals surface area contributed by atoms with Crippen molar-refractivity contribution in [2.24, 2.45) is 5.73 Å². The summed E-state index contributed by atoms with van der Waals surface area (Å²) in [7, 11) is 0. The molecule has 0 bridgehead atoms. The largest absolute Gasteiger partial charge is 0.445 e. The van der Waals surface area contributed by atoms with Gasteiger partial charge in [-0.1, -0.05) is 18.2 Å². The van der Waals surface area contributed by atoms with Crippen LogP contribution in [-0.4, -0.2) is 25.2 Å². The molecule has 1 aliphatic rings. The maximum absolute atomic E-state index is 11.0. The first-order valence-electron chi connectivity index (χ1n) is 4.73. The van der Waals surface area contributed by atoms with Gasteiger partial charge in [-0.2, -0.15) is 0 Å². The standard InChI is InChI=1S/C10H14N2O3/c11-9(13)6-12-10(14)15-7-8-4-2-1-3-5-8/h2,4-5H,1,3,6-7H2,(H2,11,13)(H,12,14). The van der Waals surface area contributed by atoms with E-state index in [1.807, 2.05) is 18.2 Å². The molecule has 82 valence electrons. The van der Waals surface area contributed by atoms with Gasteiger partial charge in [0, 0.05) is 0 Å². The van der Waals surface area contributed by atoms with Crippen LogP contribution in [0.3, 0.4) is 0 Å². The zero-order valence-corrected chi connectivity index (χ0v) is 8.36. The Morgan fingerprint density at radius 2 is 2.27 bits per heavy atom.